The number of fused-ring (bicyclic) bond motifs is 2. The summed E-state index contributed by atoms with van der Waals surface area (Å²) in [7, 11) is 0. The first kappa shape index (κ1) is 23.1. The summed E-state index contributed by atoms with van der Waals surface area (Å²) < 4.78 is 42.2. The highest BCUT2D eigenvalue weighted by atomic mass is 19.3. The Labute approximate surface area is 199 Å². The number of carbonyl (C=O) groups is 1. The van der Waals surface area contributed by atoms with Crippen molar-refractivity contribution in [3.8, 4) is 11.1 Å². The lowest BCUT2D eigenvalue weighted by Crippen LogP contribution is -2.35. The summed E-state index contributed by atoms with van der Waals surface area (Å²) in [6, 6.07) is 3.61. The van der Waals surface area contributed by atoms with Gasteiger partial charge in [0.15, 0.2) is 0 Å². The third kappa shape index (κ3) is 4.94. The Hall–Kier alpha value is -3.63. The summed E-state index contributed by atoms with van der Waals surface area (Å²) in [4.78, 5) is 24.7. The molecule has 0 aliphatic heterocycles. The fraction of sp³-hybridized carbons (Fsp3) is 0.417. The maximum atomic E-state index is 13.8. The summed E-state index contributed by atoms with van der Waals surface area (Å²) in [5.41, 5.74) is 1.67. The molecule has 4 aromatic heterocycles. The first-order chi connectivity index (χ1) is 16.6. The molecule has 0 bridgehead atoms. The number of aromatic amines is 1. The van der Waals surface area contributed by atoms with E-state index in [-0.39, 0.29) is 25.4 Å². The molecule has 0 spiro atoms. The van der Waals surface area contributed by atoms with Gasteiger partial charge in [0, 0.05) is 48.4 Å². The molecule has 0 saturated heterocycles. The minimum absolute atomic E-state index is 0.0849. The molecule has 1 saturated carbocycles. The lowest BCUT2D eigenvalue weighted by atomic mass is 9.92. The Morgan fingerprint density at radius 3 is 2.80 bits per heavy atom. The number of halogens is 3. The van der Waals surface area contributed by atoms with Crippen LogP contribution < -0.4 is 10.6 Å². The smallest absolute Gasteiger partial charge is 0.255 e. The van der Waals surface area contributed by atoms with Crippen molar-refractivity contribution in [1.82, 2.24) is 29.9 Å². The number of nitrogens with one attached hydrogen (secondary N) is 3. The minimum Gasteiger partial charge on any atom is -0.351 e. The zero-order chi connectivity index (χ0) is 24.8. The average Bonchev–Trinajstić information content (AvgIpc) is 3.42. The Balaban J connectivity index is 1.38. The normalized spacial score (nSPS) is 16.6. The van der Waals surface area contributed by atoms with Crippen LogP contribution in [0.25, 0.3) is 27.7 Å². The first-order valence-electron chi connectivity index (χ1n) is 11.5. The van der Waals surface area contributed by atoms with Crippen LogP contribution in [0.4, 0.5) is 19.1 Å². The number of rotatable bonds is 6. The first-order valence-corrected chi connectivity index (χ1v) is 11.5. The Bertz CT molecular complexity index is 1380. The van der Waals surface area contributed by atoms with Gasteiger partial charge in [0.05, 0.1) is 23.8 Å². The molecule has 11 heteroatoms. The van der Waals surface area contributed by atoms with Gasteiger partial charge in [0.1, 0.15) is 11.3 Å². The van der Waals surface area contributed by atoms with Gasteiger partial charge in [-0.2, -0.15) is 10.1 Å². The SMILES string of the molecule is CC(C)(F)CNC(=O)c1cnn2ccc(-c3c[nH]c4nc(NC5CCC(F)(F)CC5)ncc34)cc12. The highest BCUT2D eigenvalue weighted by Crippen LogP contribution is 2.34. The highest BCUT2D eigenvalue weighted by molar-refractivity contribution is 6.02. The van der Waals surface area contributed by atoms with Crippen molar-refractivity contribution in [1.29, 1.82) is 0 Å². The molecule has 0 atom stereocenters. The molecule has 1 amide bonds. The van der Waals surface area contributed by atoms with Gasteiger partial charge in [-0.3, -0.25) is 4.79 Å². The van der Waals surface area contributed by atoms with Gasteiger partial charge in [-0.25, -0.2) is 22.7 Å². The van der Waals surface area contributed by atoms with Crippen LogP contribution in [-0.2, 0) is 0 Å². The third-order valence-corrected chi connectivity index (χ3v) is 6.23. The van der Waals surface area contributed by atoms with Crippen molar-refractivity contribution in [2.75, 3.05) is 11.9 Å². The summed E-state index contributed by atoms with van der Waals surface area (Å²) in [5, 5.41) is 10.8. The number of carbonyl (C=O) groups excluding carboxylic acids is 1. The lowest BCUT2D eigenvalue weighted by Gasteiger charge is -2.28. The van der Waals surface area contributed by atoms with Gasteiger partial charge < -0.3 is 15.6 Å². The van der Waals surface area contributed by atoms with E-state index < -0.39 is 17.5 Å². The number of H-pyrrole nitrogens is 1. The van der Waals surface area contributed by atoms with Crippen molar-refractivity contribution in [2.24, 2.45) is 0 Å². The predicted octanol–water partition coefficient (Wildman–Crippen LogP) is 4.74. The van der Waals surface area contributed by atoms with E-state index in [1.54, 1.807) is 23.1 Å². The molecular formula is C24H26F3N7O. The topological polar surface area (TPSA) is 100 Å². The zero-order valence-corrected chi connectivity index (χ0v) is 19.4. The van der Waals surface area contributed by atoms with Gasteiger partial charge >= 0.3 is 0 Å². The highest BCUT2D eigenvalue weighted by Gasteiger charge is 2.35. The number of amides is 1. The van der Waals surface area contributed by atoms with Gasteiger partial charge in [-0.15, -0.1) is 0 Å². The fourth-order valence-corrected chi connectivity index (χ4v) is 4.29. The fourth-order valence-electron chi connectivity index (χ4n) is 4.29. The lowest BCUT2D eigenvalue weighted by molar-refractivity contribution is -0.0361. The quantitative estimate of drug-likeness (QED) is 0.366. The monoisotopic (exact) mass is 485 g/mol. The minimum atomic E-state index is -2.58. The Morgan fingerprint density at radius 2 is 2.06 bits per heavy atom. The molecule has 1 aliphatic carbocycles. The van der Waals surface area contributed by atoms with Crippen LogP contribution in [0.1, 0.15) is 49.9 Å². The van der Waals surface area contributed by atoms with Gasteiger partial charge in [-0.05, 0) is 44.4 Å². The molecular weight excluding hydrogens is 459 g/mol. The molecule has 8 nitrogen and oxygen atoms in total. The van der Waals surface area contributed by atoms with E-state index >= 15 is 0 Å². The van der Waals surface area contributed by atoms with Crippen LogP contribution in [0.15, 0.2) is 36.9 Å². The molecule has 1 fully saturated rings. The molecule has 0 radical (unpaired) electrons. The zero-order valence-electron chi connectivity index (χ0n) is 19.4. The number of alkyl halides is 3. The summed E-state index contributed by atoms with van der Waals surface area (Å²) >= 11 is 0. The van der Waals surface area contributed by atoms with Gasteiger partial charge in [-0.1, -0.05) is 0 Å². The maximum Gasteiger partial charge on any atom is 0.255 e. The van der Waals surface area contributed by atoms with E-state index in [0.29, 0.717) is 35.5 Å². The van der Waals surface area contributed by atoms with Crippen LogP contribution in [0, 0.1) is 0 Å². The molecule has 3 N–H and O–H groups in total. The van der Waals surface area contributed by atoms with Crippen LogP contribution >= 0.6 is 0 Å². The second-order valence-electron chi connectivity index (χ2n) is 9.64. The molecule has 5 rings (SSSR count). The van der Waals surface area contributed by atoms with Crippen LogP contribution in [0.5, 0.6) is 0 Å². The second kappa shape index (κ2) is 8.54. The number of nitrogens with zero attached hydrogens (tertiary/aromatic N) is 4. The molecule has 0 aromatic carbocycles. The largest absolute Gasteiger partial charge is 0.351 e. The number of pyridine rings is 1. The molecule has 0 unspecified atom stereocenters. The van der Waals surface area contributed by atoms with E-state index in [0.717, 1.165) is 16.5 Å². The van der Waals surface area contributed by atoms with E-state index in [1.807, 2.05) is 12.1 Å². The number of anilines is 1. The molecule has 1 aliphatic rings. The van der Waals surface area contributed by atoms with Crippen molar-refractivity contribution in [3.05, 3.63) is 42.5 Å². The van der Waals surface area contributed by atoms with Gasteiger partial charge in [0.25, 0.3) is 5.91 Å². The number of aromatic nitrogens is 5. The Kier molecular flexibility index (Phi) is 5.65. The van der Waals surface area contributed by atoms with E-state index in [2.05, 4.69) is 30.7 Å². The maximum absolute atomic E-state index is 13.8. The number of hydrogen-bond donors (Lipinski definition) is 3. The molecule has 35 heavy (non-hydrogen) atoms. The standard InChI is InChI=1S/C24H26F3N7O/c1-23(2,25)13-30-21(35)18-12-31-34-8-5-14(9-19(18)34)16-10-28-20-17(16)11-29-22(33-20)32-15-3-6-24(26,27)7-4-15/h5,8-12,15H,3-4,6-7,13H2,1-2H3,(H,30,35)(H2,28,29,32,33). The summed E-state index contributed by atoms with van der Waals surface area (Å²) in [6.07, 6.45) is 7.16. The molecule has 184 valence electrons. The average molecular weight is 486 g/mol. The van der Waals surface area contributed by atoms with Crippen LogP contribution in [0.3, 0.4) is 0 Å². The van der Waals surface area contributed by atoms with Crippen molar-refractivity contribution >= 4 is 28.4 Å². The molecule has 4 aromatic rings. The summed E-state index contributed by atoms with van der Waals surface area (Å²) in [6.45, 7) is 2.69. The number of hydrogen-bond acceptors (Lipinski definition) is 5. The van der Waals surface area contributed by atoms with Crippen molar-refractivity contribution < 1.29 is 18.0 Å². The second-order valence-corrected chi connectivity index (χ2v) is 9.64. The van der Waals surface area contributed by atoms with E-state index in [1.165, 1.54) is 20.0 Å². The van der Waals surface area contributed by atoms with E-state index in [4.69, 9.17) is 0 Å². The van der Waals surface area contributed by atoms with E-state index in [9.17, 15) is 18.0 Å². The van der Waals surface area contributed by atoms with Crippen molar-refractivity contribution in [2.45, 2.75) is 57.2 Å². The van der Waals surface area contributed by atoms with Gasteiger partial charge in [0.2, 0.25) is 11.9 Å². The third-order valence-electron chi connectivity index (χ3n) is 6.23. The van der Waals surface area contributed by atoms with Crippen LogP contribution in [0.2, 0.25) is 0 Å². The Morgan fingerprint density at radius 1 is 1.29 bits per heavy atom. The van der Waals surface area contributed by atoms with Crippen LogP contribution in [-0.4, -0.2) is 54.7 Å². The van der Waals surface area contributed by atoms with Crippen molar-refractivity contribution in [3.63, 3.8) is 0 Å². The summed E-state index contributed by atoms with van der Waals surface area (Å²) in [5.74, 6) is -2.60. The molecule has 4 heterocycles. The predicted molar refractivity (Wildman–Crippen MR) is 126 cm³/mol.